The molecule has 0 radical (unpaired) electrons. The molecule has 2 aromatic rings. The Kier molecular flexibility index (Phi) is 3.31. The van der Waals surface area contributed by atoms with Gasteiger partial charge in [-0.25, -0.2) is 0 Å². The predicted octanol–water partition coefficient (Wildman–Crippen LogP) is 4.38. The molecule has 0 bridgehead atoms. The molecule has 0 unspecified atom stereocenters. The number of aromatic amines is 1. The third kappa shape index (κ3) is 2.40. The first-order chi connectivity index (χ1) is 7.99. The topological polar surface area (TPSA) is 28.7 Å². The zero-order chi connectivity index (χ0) is 12.6. The Morgan fingerprint density at radius 1 is 1.00 bits per heavy atom. The van der Waals surface area contributed by atoms with Gasteiger partial charge in [0.2, 0.25) is 0 Å². The van der Waals surface area contributed by atoms with Crippen molar-refractivity contribution in [2.24, 2.45) is 0 Å². The fourth-order valence-corrected chi connectivity index (χ4v) is 2.20. The first-order valence-corrected chi connectivity index (χ1v) is 6.11. The van der Waals surface area contributed by atoms with E-state index in [1.54, 1.807) is 6.07 Å². The molecule has 4 heteroatoms. The maximum absolute atomic E-state index is 5.90. The molecule has 1 heterocycles. The normalized spacial score (nSPS) is 10.6. The van der Waals surface area contributed by atoms with Crippen molar-refractivity contribution in [2.75, 3.05) is 0 Å². The zero-order valence-corrected chi connectivity index (χ0v) is 11.5. The van der Waals surface area contributed by atoms with Gasteiger partial charge in [0, 0.05) is 5.56 Å². The van der Waals surface area contributed by atoms with E-state index in [4.69, 9.17) is 23.8 Å². The first kappa shape index (κ1) is 12.3. The lowest BCUT2D eigenvalue weighted by molar-refractivity contribution is 1.02. The molecule has 0 amide bonds. The third-order valence-corrected chi connectivity index (χ3v) is 3.41. The molecule has 0 spiro atoms. The number of hydrogen-bond acceptors (Lipinski definition) is 2. The quantitative estimate of drug-likeness (QED) is 0.774. The number of aryl methyl sites for hydroxylation is 3. The van der Waals surface area contributed by atoms with Gasteiger partial charge < -0.3 is 0 Å². The number of nitrogens with zero attached hydrogens (tertiary/aromatic N) is 1. The van der Waals surface area contributed by atoms with Crippen molar-refractivity contribution in [2.45, 2.75) is 20.8 Å². The Morgan fingerprint density at radius 2 is 1.65 bits per heavy atom. The zero-order valence-electron chi connectivity index (χ0n) is 9.97. The molecule has 88 valence electrons. The second-order valence-corrected chi connectivity index (χ2v) is 4.98. The van der Waals surface area contributed by atoms with Gasteiger partial charge in [0.25, 0.3) is 0 Å². The van der Waals surface area contributed by atoms with E-state index in [0.29, 0.717) is 9.79 Å². The lowest BCUT2D eigenvalue weighted by Crippen LogP contribution is -1.92. The highest BCUT2D eigenvalue weighted by Gasteiger charge is 2.07. The van der Waals surface area contributed by atoms with Crippen LogP contribution in [0.15, 0.2) is 18.2 Å². The number of benzene rings is 1. The Balaban J connectivity index is 2.72. The van der Waals surface area contributed by atoms with Gasteiger partial charge in [0.1, 0.15) is 9.79 Å². The largest absolute Gasteiger partial charge is 0.266 e. The van der Waals surface area contributed by atoms with E-state index in [1.165, 1.54) is 16.7 Å². The summed E-state index contributed by atoms with van der Waals surface area (Å²) in [6.45, 7) is 6.27. The van der Waals surface area contributed by atoms with E-state index < -0.39 is 0 Å². The van der Waals surface area contributed by atoms with E-state index in [1.807, 2.05) is 0 Å². The van der Waals surface area contributed by atoms with Crippen LogP contribution in [0.5, 0.6) is 0 Å². The Labute approximate surface area is 111 Å². The van der Waals surface area contributed by atoms with Crippen LogP contribution in [0.4, 0.5) is 0 Å². The van der Waals surface area contributed by atoms with Crippen LogP contribution in [0.25, 0.3) is 11.1 Å². The first-order valence-electron chi connectivity index (χ1n) is 5.32. The van der Waals surface area contributed by atoms with Gasteiger partial charge >= 0.3 is 0 Å². The molecule has 2 rings (SSSR count). The summed E-state index contributed by atoms with van der Waals surface area (Å²) in [5.41, 5.74) is 5.75. The SMILES string of the molecule is Cc1cc(C)c(-c2cc(Cl)n[nH]c2=S)cc1C. The summed E-state index contributed by atoms with van der Waals surface area (Å²) in [5.74, 6) is 0. The van der Waals surface area contributed by atoms with Crippen molar-refractivity contribution < 1.29 is 0 Å². The molecule has 0 fully saturated rings. The van der Waals surface area contributed by atoms with Crippen LogP contribution >= 0.6 is 23.8 Å². The monoisotopic (exact) mass is 264 g/mol. The number of hydrogen-bond donors (Lipinski definition) is 1. The van der Waals surface area contributed by atoms with Crippen molar-refractivity contribution in [3.63, 3.8) is 0 Å². The fourth-order valence-electron chi connectivity index (χ4n) is 1.83. The van der Waals surface area contributed by atoms with Crippen molar-refractivity contribution in [3.05, 3.63) is 44.7 Å². The van der Waals surface area contributed by atoms with E-state index in [9.17, 15) is 0 Å². The van der Waals surface area contributed by atoms with Crippen molar-refractivity contribution in [3.8, 4) is 11.1 Å². The Hall–Kier alpha value is -1.19. The molecule has 1 aromatic heterocycles. The van der Waals surface area contributed by atoms with Gasteiger partial charge in [-0.3, -0.25) is 5.10 Å². The van der Waals surface area contributed by atoms with Gasteiger partial charge in [0.05, 0.1) is 0 Å². The Morgan fingerprint density at radius 3 is 2.35 bits per heavy atom. The molecular formula is C13H13ClN2S. The molecule has 0 aliphatic carbocycles. The van der Waals surface area contributed by atoms with Crippen LogP contribution in [-0.4, -0.2) is 10.2 Å². The molecule has 1 aromatic carbocycles. The maximum atomic E-state index is 5.90. The molecular weight excluding hydrogens is 252 g/mol. The predicted molar refractivity (Wildman–Crippen MR) is 74.1 cm³/mol. The van der Waals surface area contributed by atoms with Crippen LogP contribution in [0, 0.1) is 25.4 Å². The second kappa shape index (κ2) is 4.59. The summed E-state index contributed by atoms with van der Waals surface area (Å²) >= 11 is 11.2. The highest BCUT2D eigenvalue weighted by molar-refractivity contribution is 7.71. The number of rotatable bonds is 1. The minimum absolute atomic E-state index is 0.422. The van der Waals surface area contributed by atoms with Gasteiger partial charge in [-0.15, -0.1) is 0 Å². The summed E-state index contributed by atoms with van der Waals surface area (Å²) < 4.78 is 0.612. The highest BCUT2D eigenvalue weighted by Crippen LogP contribution is 2.27. The summed E-state index contributed by atoms with van der Waals surface area (Å²) in [6.07, 6.45) is 0. The molecule has 0 saturated heterocycles. The summed E-state index contributed by atoms with van der Waals surface area (Å²) in [6, 6.07) is 6.10. The van der Waals surface area contributed by atoms with E-state index in [0.717, 1.165) is 11.1 Å². The van der Waals surface area contributed by atoms with Crippen LogP contribution in [0.3, 0.4) is 0 Å². The summed E-state index contributed by atoms with van der Waals surface area (Å²) in [7, 11) is 0. The lowest BCUT2D eigenvalue weighted by atomic mass is 9.97. The lowest BCUT2D eigenvalue weighted by Gasteiger charge is -2.10. The van der Waals surface area contributed by atoms with E-state index >= 15 is 0 Å². The minimum atomic E-state index is 0.422. The number of halogens is 1. The number of nitrogens with one attached hydrogen (secondary N) is 1. The van der Waals surface area contributed by atoms with Crippen LogP contribution in [-0.2, 0) is 0 Å². The standard InChI is InChI=1S/C13H13ClN2S/c1-7-4-9(3)10(5-8(7)2)11-6-12(14)15-16-13(11)17/h4-6H,1-3H3,(H,16,17). The fraction of sp³-hybridized carbons (Fsp3) is 0.231. The van der Waals surface area contributed by atoms with Crippen molar-refractivity contribution in [1.82, 2.24) is 10.2 Å². The van der Waals surface area contributed by atoms with Gasteiger partial charge in [-0.2, -0.15) is 5.10 Å². The minimum Gasteiger partial charge on any atom is -0.266 e. The molecule has 0 atom stereocenters. The van der Waals surface area contributed by atoms with E-state index in [2.05, 4.69) is 43.1 Å². The van der Waals surface area contributed by atoms with Crippen LogP contribution in [0.2, 0.25) is 5.15 Å². The Bertz CT molecular complexity index is 632. The smallest absolute Gasteiger partial charge is 0.150 e. The average Bonchev–Trinajstić information content (AvgIpc) is 2.27. The molecule has 1 N–H and O–H groups in total. The second-order valence-electron chi connectivity index (χ2n) is 4.18. The molecule has 2 nitrogen and oxygen atoms in total. The van der Waals surface area contributed by atoms with Gasteiger partial charge in [0.15, 0.2) is 0 Å². The van der Waals surface area contributed by atoms with Crippen molar-refractivity contribution in [1.29, 1.82) is 0 Å². The molecule has 0 aliphatic rings. The van der Waals surface area contributed by atoms with Gasteiger partial charge in [-0.1, -0.05) is 36.0 Å². The molecule has 0 saturated carbocycles. The maximum Gasteiger partial charge on any atom is 0.150 e. The molecule has 17 heavy (non-hydrogen) atoms. The van der Waals surface area contributed by atoms with Gasteiger partial charge in [-0.05, 0) is 49.1 Å². The summed E-state index contributed by atoms with van der Waals surface area (Å²) in [4.78, 5) is 0. The number of aromatic nitrogens is 2. The van der Waals surface area contributed by atoms with Crippen LogP contribution < -0.4 is 0 Å². The highest BCUT2D eigenvalue weighted by atomic mass is 35.5. The van der Waals surface area contributed by atoms with Crippen molar-refractivity contribution >= 4 is 23.8 Å². The van der Waals surface area contributed by atoms with Crippen LogP contribution in [0.1, 0.15) is 16.7 Å². The number of H-pyrrole nitrogens is 1. The summed E-state index contributed by atoms with van der Waals surface area (Å²) in [5, 5.41) is 7.05. The van der Waals surface area contributed by atoms with E-state index in [-0.39, 0.29) is 0 Å². The molecule has 0 aliphatic heterocycles. The third-order valence-electron chi connectivity index (χ3n) is 2.90. The average molecular weight is 265 g/mol.